The summed E-state index contributed by atoms with van der Waals surface area (Å²) in [6.45, 7) is 8.67. The van der Waals surface area contributed by atoms with Crippen molar-refractivity contribution >= 4 is 29.0 Å². The van der Waals surface area contributed by atoms with Gasteiger partial charge in [0.25, 0.3) is 5.91 Å². The Kier molecular flexibility index (Phi) is 8.57. The van der Waals surface area contributed by atoms with Crippen LogP contribution in [0.1, 0.15) is 43.9 Å². The van der Waals surface area contributed by atoms with Crippen LogP contribution in [0.5, 0.6) is 11.5 Å². The van der Waals surface area contributed by atoms with Crippen molar-refractivity contribution in [2.45, 2.75) is 53.8 Å². The second kappa shape index (κ2) is 12.1. The van der Waals surface area contributed by atoms with E-state index in [1.54, 1.807) is 16.5 Å². The highest BCUT2D eigenvalue weighted by atomic mass is 19.1. The Balaban J connectivity index is 1.95. The van der Waals surface area contributed by atoms with E-state index in [0.717, 1.165) is 22.4 Å². The maximum Gasteiger partial charge on any atom is 0.305 e. The zero-order chi connectivity index (χ0) is 29.0. The smallest absolute Gasteiger partial charge is 0.305 e. The van der Waals surface area contributed by atoms with E-state index in [2.05, 4.69) is 5.32 Å². The normalized spacial score (nSPS) is 11.8. The van der Waals surface area contributed by atoms with Crippen LogP contribution in [0.2, 0.25) is 0 Å². The first kappa shape index (κ1) is 28.4. The number of aryl methyl sites for hydroxylation is 3. The number of nitrogens with one attached hydrogen (secondary N) is 1. The predicted molar refractivity (Wildman–Crippen MR) is 150 cm³/mol. The molecule has 0 radical (unpaired) electrons. The van der Waals surface area contributed by atoms with Gasteiger partial charge in [0.2, 0.25) is 6.29 Å². The number of hydrogen-bond acceptors (Lipinski definition) is 7. The van der Waals surface area contributed by atoms with Gasteiger partial charge < -0.3 is 25.3 Å². The van der Waals surface area contributed by atoms with E-state index in [9.17, 15) is 14.0 Å². The number of carbonyl (C=O) groups is 2. The summed E-state index contributed by atoms with van der Waals surface area (Å²) in [5, 5.41) is 3.48. The summed E-state index contributed by atoms with van der Waals surface area (Å²) < 4.78 is 33.2. The lowest BCUT2D eigenvalue weighted by molar-refractivity contribution is -0.161. The average molecular weight is 549 g/mol. The number of aromatic nitrogens is 2. The van der Waals surface area contributed by atoms with Gasteiger partial charge in [-0.05, 0) is 55.2 Å². The zero-order valence-corrected chi connectivity index (χ0v) is 23.2. The predicted octanol–water partition coefficient (Wildman–Crippen LogP) is 5.61. The van der Waals surface area contributed by atoms with Gasteiger partial charge in [0.1, 0.15) is 34.5 Å². The van der Waals surface area contributed by atoms with Crippen LogP contribution in [0.3, 0.4) is 0 Å². The molecule has 0 bridgehead atoms. The molecule has 1 atom stereocenters. The summed E-state index contributed by atoms with van der Waals surface area (Å²) in [5.74, 6) is -0.366. The summed E-state index contributed by atoms with van der Waals surface area (Å²) in [6, 6.07) is 12.3. The lowest BCUT2D eigenvalue weighted by Gasteiger charge is -2.21. The van der Waals surface area contributed by atoms with Crippen LogP contribution in [0.25, 0.3) is 16.9 Å². The van der Waals surface area contributed by atoms with Crippen molar-refractivity contribution in [1.82, 2.24) is 9.38 Å². The van der Waals surface area contributed by atoms with Crippen LogP contribution in [-0.2, 0) is 20.7 Å². The van der Waals surface area contributed by atoms with E-state index in [1.807, 2.05) is 52.0 Å². The number of amides is 1. The molecule has 4 rings (SSSR count). The highest BCUT2D eigenvalue weighted by Crippen LogP contribution is 2.42. The van der Waals surface area contributed by atoms with Gasteiger partial charge in [0, 0.05) is 36.9 Å². The number of esters is 1. The largest absolute Gasteiger partial charge is 0.483 e. The lowest BCUT2D eigenvalue weighted by Crippen LogP contribution is -2.22. The van der Waals surface area contributed by atoms with Crippen molar-refractivity contribution < 1.29 is 28.2 Å². The maximum atomic E-state index is 14.5. The molecule has 40 heavy (non-hydrogen) atoms. The molecule has 1 unspecified atom stereocenters. The number of primary amides is 1. The molecule has 0 saturated carbocycles. The molecular formula is C30H33FN4O5. The number of hydrogen-bond donors (Lipinski definition) is 2. The Morgan fingerprint density at radius 3 is 2.48 bits per heavy atom. The minimum Gasteiger partial charge on any atom is -0.483 e. The number of ether oxygens (including phenoxy) is 3. The topological polar surface area (TPSA) is 117 Å². The van der Waals surface area contributed by atoms with Crippen molar-refractivity contribution in [2.75, 3.05) is 11.9 Å². The summed E-state index contributed by atoms with van der Waals surface area (Å²) in [5.41, 5.74) is 10.6. The van der Waals surface area contributed by atoms with Gasteiger partial charge in [-0.25, -0.2) is 9.37 Å². The molecule has 210 valence electrons. The quantitative estimate of drug-likeness (QED) is 0.185. The number of halogens is 1. The molecule has 1 amide bonds. The fraction of sp³-hybridized carbons (Fsp3) is 0.300. The fourth-order valence-electron chi connectivity index (χ4n) is 4.49. The van der Waals surface area contributed by atoms with Crippen LogP contribution in [0, 0.1) is 19.7 Å². The second-order valence-corrected chi connectivity index (χ2v) is 9.41. The number of imidazole rings is 1. The molecule has 2 heterocycles. The fourth-order valence-corrected chi connectivity index (χ4v) is 4.49. The number of fused-ring (bicyclic) bond motifs is 1. The van der Waals surface area contributed by atoms with E-state index < -0.39 is 24.0 Å². The monoisotopic (exact) mass is 548 g/mol. The van der Waals surface area contributed by atoms with Crippen LogP contribution in [0.15, 0.2) is 48.7 Å². The van der Waals surface area contributed by atoms with Crippen molar-refractivity contribution in [3.8, 4) is 22.8 Å². The third-order valence-corrected chi connectivity index (χ3v) is 6.35. The molecule has 0 saturated heterocycles. The van der Waals surface area contributed by atoms with E-state index >= 15 is 0 Å². The van der Waals surface area contributed by atoms with Crippen molar-refractivity contribution in [2.24, 2.45) is 5.73 Å². The Morgan fingerprint density at radius 1 is 1.12 bits per heavy atom. The van der Waals surface area contributed by atoms with E-state index in [4.69, 9.17) is 24.9 Å². The van der Waals surface area contributed by atoms with E-state index in [-0.39, 0.29) is 6.61 Å². The zero-order valence-electron chi connectivity index (χ0n) is 23.2. The second-order valence-electron chi connectivity index (χ2n) is 9.41. The Hall–Kier alpha value is -4.60. The Bertz CT molecular complexity index is 1550. The van der Waals surface area contributed by atoms with Crippen molar-refractivity contribution in [3.63, 3.8) is 0 Å². The molecule has 2 aromatic heterocycles. The number of anilines is 2. The summed E-state index contributed by atoms with van der Waals surface area (Å²) in [7, 11) is 0. The van der Waals surface area contributed by atoms with Crippen LogP contribution >= 0.6 is 0 Å². The van der Waals surface area contributed by atoms with Gasteiger partial charge in [0.05, 0.1) is 0 Å². The van der Waals surface area contributed by atoms with E-state index in [1.165, 1.54) is 19.2 Å². The van der Waals surface area contributed by atoms with E-state index in [0.29, 0.717) is 47.1 Å². The first-order chi connectivity index (χ1) is 19.1. The molecule has 0 spiro atoms. The molecule has 4 aromatic rings. The molecule has 0 fully saturated rings. The molecule has 10 heteroatoms. The molecule has 0 aliphatic rings. The third kappa shape index (κ3) is 6.17. The number of nitrogens with zero attached hydrogens (tertiary/aromatic N) is 2. The highest BCUT2D eigenvalue weighted by molar-refractivity contribution is 5.86. The van der Waals surface area contributed by atoms with Crippen LogP contribution < -0.4 is 20.5 Å². The first-order valence-electron chi connectivity index (χ1n) is 13.0. The van der Waals surface area contributed by atoms with Gasteiger partial charge in [-0.3, -0.25) is 14.0 Å². The van der Waals surface area contributed by atoms with Crippen LogP contribution in [-0.4, -0.2) is 34.2 Å². The molecule has 0 aliphatic carbocycles. The van der Waals surface area contributed by atoms with Gasteiger partial charge in [-0.2, -0.15) is 0 Å². The first-order valence-corrected chi connectivity index (χ1v) is 13.0. The number of para-hydroxylation sites is 1. The Morgan fingerprint density at radius 2 is 1.85 bits per heavy atom. The SMILES string of the molecule is CCc1cc(OC(CC)OC(C)=O)cc(OCC(N)=O)c1-c1nc2ccc(F)cn2c1Nc1c(C)cccc1C. The Labute approximate surface area is 232 Å². The van der Waals surface area contributed by atoms with Gasteiger partial charge >= 0.3 is 5.97 Å². The standard InChI is InChI=1S/C30H33FN4O5/c1-6-20-13-22(40-26(7-2)39-19(5)36)14-23(38-16-24(32)37)27(20)29-30(34-28-17(3)9-8-10-18(28)4)35-15-21(31)11-12-25(35)33-29/h8-15,26,34H,6-7,16H2,1-5H3,(H2,32,37). The average Bonchev–Trinajstić information content (AvgIpc) is 3.25. The molecule has 2 aromatic carbocycles. The minimum absolute atomic E-state index is 0.291. The van der Waals surface area contributed by atoms with Gasteiger partial charge in [-0.15, -0.1) is 0 Å². The summed E-state index contributed by atoms with van der Waals surface area (Å²) in [6.07, 6.45) is 1.51. The van der Waals surface area contributed by atoms with Crippen molar-refractivity contribution in [3.05, 3.63) is 71.2 Å². The number of benzene rings is 2. The molecule has 3 N–H and O–H groups in total. The number of rotatable bonds is 11. The van der Waals surface area contributed by atoms with Crippen molar-refractivity contribution in [1.29, 1.82) is 0 Å². The number of nitrogens with two attached hydrogens (primary N) is 1. The lowest BCUT2D eigenvalue weighted by atomic mass is 10.00. The number of pyridine rings is 1. The van der Waals surface area contributed by atoms with Gasteiger partial charge in [-0.1, -0.05) is 32.0 Å². The third-order valence-electron chi connectivity index (χ3n) is 6.35. The molecule has 0 aliphatic heterocycles. The maximum absolute atomic E-state index is 14.5. The van der Waals surface area contributed by atoms with Gasteiger partial charge in [0.15, 0.2) is 6.61 Å². The highest BCUT2D eigenvalue weighted by Gasteiger charge is 2.24. The van der Waals surface area contributed by atoms with Crippen LogP contribution in [0.4, 0.5) is 15.9 Å². The molecular weight excluding hydrogens is 515 g/mol. The number of carbonyl (C=O) groups excluding carboxylic acids is 2. The molecule has 9 nitrogen and oxygen atoms in total. The summed E-state index contributed by atoms with van der Waals surface area (Å²) in [4.78, 5) is 28.1. The minimum atomic E-state index is -0.809. The summed E-state index contributed by atoms with van der Waals surface area (Å²) >= 11 is 0.